The maximum Gasteiger partial charge on any atom is 0.253 e. The Balaban J connectivity index is 1.81. The molecule has 7 heteroatoms. The van der Waals surface area contributed by atoms with E-state index in [2.05, 4.69) is 5.32 Å². The van der Waals surface area contributed by atoms with Crippen LogP contribution in [0, 0.1) is 6.92 Å². The number of sulfonamides is 1. The van der Waals surface area contributed by atoms with Crippen LogP contribution in [0.2, 0.25) is 0 Å². The Hall–Kier alpha value is -1.70. The Labute approximate surface area is 146 Å². The molecule has 0 bridgehead atoms. The van der Waals surface area contributed by atoms with Crippen molar-refractivity contribution in [3.63, 3.8) is 0 Å². The van der Waals surface area contributed by atoms with Gasteiger partial charge in [-0.1, -0.05) is 30.2 Å². The van der Waals surface area contributed by atoms with Crippen molar-refractivity contribution in [2.24, 2.45) is 0 Å². The van der Waals surface area contributed by atoms with Crippen LogP contribution in [0.3, 0.4) is 0 Å². The van der Waals surface area contributed by atoms with Crippen LogP contribution < -0.4 is 5.32 Å². The molecule has 24 heavy (non-hydrogen) atoms. The topological polar surface area (TPSA) is 66.5 Å². The summed E-state index contributed by atoms with van der Waals surface area (Å²) in [5.74, 6) is -0.265. The van der Waals surface area contributed by atoms with E-state index in [1.54, 1.807) is 17.5 Å². The molecule has 1 aromatic carbocycles. The molecule has 0 aliphatic carbocycles. The molecular weight excluding hydrogens is 344 g/mol. The van der Waals surface area contributed by atoms with Gasteiger partial charge in [-0.05, 0) is 43.3 Å². The summed E-state index contributed by atoms with van der Waals surface area (Å²) >= 11 is 1.18. The monoisotopic (exact) mass is 364 g/mol. The van der Waals surface area contributed by atoms with Crippen molar-refractivity contribution in [1.29, 1.82) is 0 Å². The molecule has 1 aliphatic rings. The Morgan fingerprint density at radius 3 is 2.62 bits per heavy atom. The van der Waals surface area contributed by atoms with Crippen LogP contribution in [-0.4, -0.2) is 31.2 Å². The molecule has 1 unspecified atom stereocenters. The van der Waals surface area contributed by atoms with Gasteiger partial charge in [-0.25, -0.2) is 8.42 Å². The lowest BCUT2D eigenvalue weighted by Crippen LogP contribution is -2.49. The van der Waals surface area contributed by atoms with Crippen LogP contribution in [0.4, 0.5) is 5.69 Å². The van der Waals surface area contributed by atoms with Crippen LogP contribution >= 0.6 is 11.3 Å². The van der Waals surface area contributed by atoms with Crippen molar-refractivity contribution in [2.45, 2.75) is 36.4 Å². The highest BCUT2D eigenvalue weighted by molar-refractivity contribution is 7.91. The molecule has 2 heterocycles. The number of aryl methyl sites for hydroxylation is 1. The Bertz CT molecular complexity index is 799. The fourth-order valence-electron chi connectivity index (χ4n) is 2.84. The molecule has 3 rings (SSSR count). The van der Waals surface area contributed by atoms with E-state index in [1.807, 2.05) is 31.2 Å². The molecule has 0 spiro atoms. The van der Waals surface area contributed by atoms with Gasteiger partial charge in [0.1, 0.15) is 10.3 Å². The number of amides is 1. The molecular formula is C17H20N2O3S2. The molecule has 5 nitrogen and oxygen atoms in total. The molecule has 1 amide bonds. The highest BCUT2D eigenvalue weighted by Gasteiger charge is 2.38. The predicted octanol–water partition coefficient (Wildman–Crippen LogP) is 3.24. The number of hydrogen-bond acceptors (Lipinski definition) is 4. The minimum Gasteiger partial charge on any atom is -0.325 e. The molecule has 1 fully saturated rings. The van der Waals surface area contributed by atoms with E-state index in [1.165, 1.54) is 15.6 Å². The van der Waals surface area contributed by atoms with E-state index in [0.717, 1.165) is 18.4 Å². The van der Waals surface area contributed by atoms with Gasteiger partial charge in [0.2, 0.25) is 5.91 Å². The van der Waals surface area contributed by atoms with Gasteiger partial charge in [0.15, 0.2) is 0 Å². The van der Waals surface area contributed by atoms with Crippen LogP contribution in [0.5, 0.6) is 0 Å². The van der Waals surface area contributed by atoms with Crippen molar-refractivity contribution in [1.82, 2.24) is 4.31 Å². The first-order valence-electron chi connectivity index (χ1n) is 7.91. The number of rotatable bonds is 4. The van der Waals surface area contributed by atoms with E-state index in [0.29, 0.717) is 18.7 Å². The van der Waals surface area contributed by atoms with Crippen LogP contribution in [-0.2, 0) is 14.8 Å². The number of benzene rings is 1. The zero-order valence-corrected chi connectivity index (χ0v) is 15.1. The van der Waals surface area contributed by atoms with Crippen molar-refractivity contribution in [3.8, 4) is 0 Å². The maximum absolute atomic E-state index is 12.8. The van der Waals surface area contributed by atoms with Crippen molar-refractivity contribution < 1.29 is 13.2 Å². The first-order chi connectivity index (χ1) is 11.5. The zero-order chi connectivity index (χ0) is 17.2. The van der Waals surface area contributed by atoms with Gasteiger partial charge in [0.25, 0.3) is 10.0 Å². The second kappa shape index (κ2) is 7.04. The van der Waals surface area contributed by atoms with Crippen molar-refractivity contribution in [2.75, 3.05) is 11.9 Å². The third-order valence-electron chi connectivity index (χ3n) is 4.13. The number of nitrogens with one attached hydrogen (secondary N) is 1. The van der Waals surface area contributed by atoms with Gasteiger partial charge >= 0.3 is 0 Å². The highest BCUT2D eigenvalue weighted by atomic mass is 32.2. The van der Waals surface area contributed by atoms with Crippen LogP contribution in [0.15, 0.2) is 46.0 Å². The molecule has 128 valence electrons. The molecule has 1 N–H and O–H groups in total. The summed E-state index contributed by atoms with van der Waals surface area (Å²) < 4.78 is 27.3. The number of thiophene rings is 1. The quantitative estimate of drug-likeness (QED) is 0.906. The smallest absolute Gasteiger partial charge is 0.253 e. The number of hydrogen-bond donors (Lipinski definition) is 1. The number of carbonyl (C=O) groups excluding carboxylic acids is 1. The minimum atomic E-state index is -3.62. The van der Waals surface area contributed by atoms with Gasteiger partial charge in [-0.15, -0.1) is 11.3 Å². The lowest BCUT2D eigenvalue weighted by atomic mass is 10.0. The largest absolute Gasteiger partial charge is 0.325 e. The average molecular weight is 364 g/mol. The fourth-order valence-corrected chi connectivity index (χ4v) is 5.62. The van der Waals surface area contributed by atoms with E-state index < -0.39 is 16.1 Å². The standard InChI is InChI=1S/C17H20N2O3S2/c1-13-7-9-14(10-8-13)18-17(20)15-5-2-3-11-19(15)24(21,22)16-6-4-12-23-16/h4,6-10,12,15H,2-3,5,11H2,1H3,(H,18,20). The summed E-state index contributed by atoms with van der Waals surface area (Å²) in [6.07, 6.45) is 2.17. The first kappa shape index (κ1) is 17.1. The number of carbonyl (C=O) groups is 1. The predicted molar refractivity (Wildman–Crippen MR) is 95.7 cm³/mol. The van der Waals surface area contributed by atoms with Gasteiger partial charge in [-0.3, -0.25) is 4.79 Å². The third-order valence-corrected chi connectivity index (χ3v) is 7.41. The Morgan fingerprint density at radius 2 is 1.96 bits per heavy atom. The molecule has 0 saturated carbocycles. The van der Waals surface area contributed by atoms with Gasteiger partial charge in [0.05, 0.1) is 0 Å². The third kappa shape index (κ3) is 3.53. The summed E-state index contributed by atoms with van der Waals surface area (Å²) in [4.78, 5) is 12.7. The summed E-state index contributed by atoms with van der Waals surface area (Å²) in [6.45, 7) is 2.36. The van der Waals surface area contributed by atoms with Crippen molar-refractivity contribution in [3.05, 3.63) is 47.3 Å². The molecule has 1 saturated heterocycles. The Kier molecular flexibility index (Phi) is 5.03. The second-order valence-corrected chi connectivity index (χ2v) is 8.98. The summed E-state index contributed by atoms with van der Waals surface area (Å²) in [6, 6.07) is 10.1. The zero-order valence-electron chi connectivity index (χ0n) is 13.4. The maximum atomic E-state index is 12.8. The fraction of sp³-hybridized carbons (Fsp3) is 0.353. The lowest BCUT2D eigenvalue weighted by Gasteiger charge is -2.33. The van der Waals surface area contributed by atoms with E-state index in [9.17, 15) is 13.2 Å². The number of piperidine rings is 1. The lowest BCUT2D eigenvalue weighted by molar-refractivity contribution is -0.120. The first-order valence-corrected chi connectivity index (χ1v) is 10.2. The van der Waals surface area contributed by atoms with Gasteiger partial charge in [0, 0.05) is 12.2 Å². The SMILES string of the molecule is Cc1ccc(NC(=O)C2CCCCN2S(=O)(=O)c2cccs2)cc1. The molecule has 1 aliphatic heterocycles. The summed E-state index contributed by atoms with van der Waals surface area (Å²) in [5.41, 5.74) is 1.79. The minimum absolute atomic E-state index is 0.265. The van der Waals surface area contributed by atoms with Gasteiger partial charge in [-0.2, -0.15) is 4.31 Å². The van der Waals surface area contributed by atoms with Crippen LogP contribution in [0.1, 0.15) is 24.8 Å². The normalized spacial score (nSPS) is 19.1. The van der Waals surface area contributed by atoms with Crippen molar-refractivity contribution >= 4 is 33.0 Å². The second-order valence-electron chi connectivity index (χ2n) is 5.91. The van der Waals surface area contributed by atoms with Gasteiger partial charge < -0.3 is 5.32 Å². The highest BCUT2D eigenvalue weighted by Crippen LogP contribution is 2.28. The van der Waals surface area contributed by atoms with Crippen LogP contribution in [0.25, 0.3) is 0 Å². The molecule has 1 atom stereocenters. The van der Waals surface area contributed by atoms with E-state index in [-0.39, 0.29) is 10.1 Å². The van der Waals surface area contributed by atoms with E-state index in [4.69, 9.17) is 0 Å². The molecule has 1 aromatic heterocycles. The number of nitrogens with zero attached hydrogens (tertiary/aromatic N) is 1. The van der Waals surface area contributed by atoms with E-state index >= 15 is 0 Å². The molecule has 2 aromatic rings. The average Bonchev–Trinajstić information content (AvgIpc) is 3.12. The summed E-state index contributed by atoms with van der Waals surface area (Å²) in [7, 11) is -3.62. The molecule has 0 radical (unpaired) electrons. The Morgan fingerprint density at radius 1 is 1.21 bits per heavy atom. The summed E-state index contributed by atoms with van der Waals surface area (Å²) in [5, 5.41) is 4.58. The number of anilines is 1.